The fraction of sp³-hybridized carbons (Fsp3) is 0.302. The summed E-state index contributed by atoms with van der Waals surface area (Å²) in [5.41, 5.74) is -4.51. The summed E-state index contributed by atoms with van der Waals surface area (Å²) in [5.74, 6) is -3.75. The fourth-order valence-corrected chi connectivity index (χ4v) is 10.9. The van der Waals surface area contributed by atoms with Crippen molar-refractivity contribution < 1.29 is 70.6 Å². The molecule has 0 radical (unpaired) electrons. The Morgan fingerprint density at radius 1 is 0.459 bits per heavy atom. The van der Waals surface area contributed by atoms with Crippen LogP contribution < -0.4 is 22.6 Å². The maximum atomic E-state index is 15.1. The standard InChI is InChI=1S/C43H40F9O7PS/c1-25-18-30(39(3,4)5)23-35-37(25)58-60(55-32-15-9-12-27(20-32)41(44,45)46,56-33-16-10-13-28(21-33)42(47,48)49,57-34-17-11-14-29(22-34)43(50,51)52)59-38-26(2)19-31(40(6,7)8)24-36(38)61(35,53)54/h9-24H,1-8H3. The number of alkyl halides is 9. The van der Waals surface area contributed by atoms with Crippen LogP contribution in [0.3, 0.4) is 0 Å². The van der Waals surface area contributed by atoms with E-state index < -0.39 is 102 Å². The van der Waals surface area contributed by atoms with Gasteiger partial charge in [-0.1, -0.05) is 0 Å². The zero-order chi connectivity index (χ0) is 45.4. The Balaban J connectivity index is 1.86. The molecule has 328 valence electrons. The van der Waals surface area contributed by atoms with Crippen LogP contribution in [0.4, 0.5) is 39.5 Å². The summed E-state index contributed by atoms with van der Waals surface area (Å²) in [6, 6.07) is 14.5. The van der Waals surface area contributed by atoms with E-state index in [-0.39, 0.29) is 11.1 Å². The summed E-state index contributed by atoms with van der Waals surface area (Å²) in [6.45, 7) is 13.5. The van der Waals surface area contributed by atoms with E-state index in [9.17, 15) is 39.5 Å². The molecule has 61 heavy (non-hydrogen) atoms. The molecular formula is C43H40F9O7PS. The number of benzene rings is 5. The number of hydrogen-bond acceptors (Lipinski definition) is 7. The van der Waals surface area contributed by atoms with E-state index in [1.807, 2.05) is 0 Å². The molecule has 0 bridgehead atoms. The van der Waals surface area contributed by atoms with Crippen LogP contribution in [0.5, 0.6) is 28.7 Å². The zero-order valence-corrected chi connectivity index (χ0v) is 35.6. The van der Waals surface area contributed by atoms with Crippen LogP contribution in [0.15, 0.2) is 107 Å². The summed E-state index contributed by atoms with van der Waals surface area (Å²) in [4.78, 5) is -1.15. The molecule has 0 spiro atoms. The minimum atomic E-state index is -6.95. The molecule has 1 heterocycles. The first-order valence-electron chi connectivity index (χ1n) is 18.4. The van der Waals surface area contributed by atoms with E-state index in [1.165, 1.54) is 38.1 Å². The first kappa shape index (κ1) is 45.4. The molecule has 18 heteroatoms. The van der Waals surface area contributed by atoms with Crippen molar-refractivity contribution in [2.75, 3.05) is 0 Å². The summed E-state index contributed by atoms with van der Waals surface area (Å²) in [7, 11) is -11.7. The number of fused-ring (bicyclic) bond motifs is 2. The number of halogens is 9. The third-order valence-electron chi connectivity index (χ3n) is 9.52. The molecule has 5 aromatic carbocycles. The monoisotopic (exact) mass is 902 g/mol. The van der Waals surface area contributed by atoms with Crippen molar-refractivity contribution in [3.05, 3.63) is 136 Å². The van der Waals surface area contributed by atoms with Gasteiger partial charge in [0.05, 0.1) is 0 Å². The van der Waals surface area contributed by atoms with Crippen LogP contribution in [-0.4, -0.2) is 8.42 Å². The number of aryl methyl sites for hydroxylation is 2. The second kappa shape index (κ2) is 14.7. The summed E-state index contributed by atoms with van der Waals surface area (Å²) < 4.78 is 191. The van der Waals surface area contributed by atoms with Crippen molar-refractivity contribution in [1.82, 2.24) is 0 Å². The Kier molecular flexibility index (Phi) is 11.0. The van der Waals surface area contributed by atoms with Gasteiger partial charge in [0.1, 0.15) is 0 Å². The molecule has 5 aromatic rings. The fourth-order valence-electron chi connectivity index (χ4n) is 6.29. The Hall–Kier alpha value is -5.15. The van der Waals surface area contributed by atoms with Crippen molar-refractivity contribution in [3.8, 4) is 28.7 Å². The SMILES string of the molecule is Cc1cc(C(C)(C)C)cc2c1OP(Oc1cccc(C(F)(F)F)c1)(Oc1cccc(C(F)(F)F)c1)(Oc1cccc(C(F)(F)F)c1)Oc1c(C)cc(C(C)(C)C)cc1S2(=O)=O. The van der Waals surface area contributed by atoms with Gasteiger partial charge in [-0.05, 0) is 0 Å². The van der Waals surface area contributed by atoms with Crippen molar-refractivity contribution in [1.29, 1.82) is 0 Å². The van der Waals surface area contributed by atoms with Gasteiger partial charge in [0.15, 0.2) is 0 Å². The maximum absolute atomic E-state index is 15.1. The first-order valence-corrected chi connectivity index (χ1v) is 21.7. The number of sulfone groups is 1. The molecule has 0 unspecified atom stereocenters. The van der Waals surface area contributed by atoms with Crippen LogP contribution in [0, 0.1) is 13.8 Å². The molecule has 0 saturated heterocycles. The van der Waals surface area contributed by atoms with Crippen LogP contribution in [0.25, 0.3) is 0 Å². The van der Waals surface area contributed by atoms with E-state index >= 15 is 8.42 Å². The molecule has 0 fully saturated rings. The zero-order valence-electron chi connectivity index (χ0n) is 33.9. The molecular weight excluding hydrogens is 862 g/mol. The number of hydrogen-bond donors (Lipinski definition) is 0. The first-order chi connectivity index (χ1) is 27.8. The Labute approximate surface area is 346 Å². The van der Waals surface area contributed by atoms with Crippen LogP contribution in [0.1, 0.15) is 80.5 Å². The Bertz CT molecular complexity index is 2400. The van der Waals surface area contributed by atoms with Gasteiger partial charge < -0.3 is 0 Å². The predicted molar refractivity (Wildman–Crippen MR) is 210 cm³/mol. The van der Waals surface area contributed by atoms with Gasteiger partial charge >= 0.3 is 347 Å². The Morgan fingerprint density at radius 2 is 0.754 bits per heavy atom. The average Bonchev–Trinajstić information content (AvgIpc) is 3.11. The van der Waals surface area contributed by atoms with Crippen LogP contribution in [-0.2, 0) is 39.2 Å². The van der Waals surface area contributed by atoms with E-state index in [1.54, 1.807) is 41.5 Å². The quantitative estimate of drug-likeness (QED) is 0.124. The molecule has 0 aliphatic carbocycles. The summed E-state index contributed by atoms with van der Waals surface area (Å²) in [5, 5.41) is 0. The molecule has 0 amide bonds. The van der Waals surface area contributed by atoms with Crippen LogP contribution in [0.2, 0.25) is 0 Å². The minimum absolute atomic E-state index is 0.00340. The third-order valence-corrected chi connectivity index (χ3v) is 13.8. The van der Waals surface area contributed by atoms with Gasteiger partial charge in [-0.3, -0.25) is 0 Å². The van der Waals surface area contributed by atoms with E-state index in [0.717, 1.165) is 36.4 Å². The van der Waals surface area contributed by atoms with Gasteiger partial charge in [-0.25, -0.2) is 0 Å². The van der Waals surface area contributed by atoms with Crippen molar-refractivity contribution >= 4 is 17.6 Å². The second-order valence-electron chi connectivity index (χ2n) is 16.5. The average molecular weight is 903 g/mol. The molecule has 0 aromatic heterocycles. The summed E-state index contributed by atoms with van der Waals surface area (Å²) in [6.07, 6.45) is -15.0. The molecule has 1 aliphatic heterocycles. The predicted octanol–water partition coefficient (Wildman–Crippen LogP) is 13.9. The summed E-state index contributed by atoms with van der Waals surface area (Å²) >= 11 is 0. The van der Waals surface area contributed by atoms with Gasteiger partial charge in [-0.2, -0.15) is 0 Å². The van der Waals surface area contributed by atoms with Crippen molar-refractivity contribution in [2.24, 2.45) is 0 Å². The topological polar surface area (TPSA) is 80.3 Å². The van der Waals surface area contributed by atoms with E-state index in [0.29, 0.717) is 47.5 Å². The molecule has 0 saturated carbocycles. The second-order valence-corrected chi connectivity index (χ2v) is 20.8. The molecule has 0 N–H and O–H groups in total. The van der Waals surface area contributed by atoms with E-state index in [4.69, 9.17) is 22.6 Å². The van der Waals surface area contributed by atoms with Crippen molar-refractivity contribution in [2.45, 2.75) is 94.5 Å². The normalized spacial score (nSPS) is 16.8. The molecule has 1 aliphatic rings. The Morgan fingerprint density at radius 3 is 1.02 bits per heavy atom. The van der Waals surface area contributed by atoms with Gasteiger partial charge in [-0.15, -0.1) is 0 Å². The molecule has 7 nitrogen and oxygen atoms in total. The van der Waals surface area contributed by atoms with Gasteiger partial charge in [0.25, 0.3) is 0 Å². The van der Waals surface area contributed by atoms with Crippen molar-refractivity contribution in [3.63, 3.8) is 0 Å². The van der Waals surface area contributed by atoms with E-state index in [2.05, 4.69) is 0 Å². The molecule has 0 atom stereocenters. The van der Waals surface area contributed by atoms with Gasteiger partial charge in [0, 0.05) is 0 Å². The van der Waals surface area contributed by atoms with Crippen LogP contribution >= 0.6 is 7.74 Å². The number of rotatable bonds is 6. The van der Waals surface area contributed by atoms with Gasteiger partial charge in [0.2, 0.25) is 0 Å². The molecule has 6 rings (SSSR count). The third kappa shape index (κ3) is 9.23.